The number of amides is 2. The van der Waals surface area contributed by atoms with E-state index < -0.39 is 5.60 Å². The largest absolute Gasteiger partial charge is 0.374 e. The van der Waals surface area contributed by atoms with Crippen LogP contribution in [0.5, 0.6) is 0 Å². The molecule has 1 fully saturated rings. The molecule has 1 aromatic carbocycles. The van der Waals surface area contributed by atoms with Gasteiger partial charge in [0.25, 0.3) is 5.91 Å². The lowest BCUT2D eigenvalue weighted by Gasteiger charge is -2.40. The maximum Gasteiger partial charge on any atom is 0.260 e. The van der Waals surface area contributed by atoms with Gasteiger partial charge in [-0.1, -0.05) is 23.7 Å². The van der Waals surface area contributed by atoms with Crippen molar-refractivity contribution in [2.45, 2.75) is 18.4 Å². The van der Waals surface area contributed by atoms with Crippen LogP contribution in [-0.4, -0.2) is 71.6 Å². The van der Waals surface area contributed by atoms with Gasteiger partial charge in [0.1, 0.15) is 18.0 Å². The molecule has 3 heterocycles. The van der Waals surface area contributed by atoms with E-state index in [9.17, 15) is 14.7 Å². The molecular weight excluding hydrogens is 420 g/mol. The van der Waals surface area contributed by atoms with Crippen molar-refractivity contribution >= 4 is 35.1 Å². The van der Waals surface area contributed by atoms with E-state index in [1.54, 1.807) is 36.2 Å². The Morgan fingerprint density at radius 3 is 2.58 bits per heavy atom. The van der Waals surface area contributed by atoms with Crippen molar-refractivity contribution in [2.75, 3.05) is 50.0 Å². The molecule has 3 N–H and O–H groups in total. The number of hydrogen-bond acceptors (Lipinski definition) is 7. The van der Waals surface area contributed by atoms with Gasteiger partial charge in [0.2, 0.25) is 5.91 Å². The van der Waals surface area contributed by atoms with Crippen LogP contribution in [0.2, 0.25) is 5.02 Å². The Balaban J connectivity index is 1.51. The Morgan fingerprint density at radius 1 is 1.26 bits per heavy atom. The predicted octanol–water partition coefficient (Wildman–Crippen LogP) is 0.941. The van der Waals surface area contributed by atoms with Gasteiger partial charge >= 0.3 is 0 Å². The van der Waals surface area contributed by atoms with E-state index in [0.29, 0.717) is 48.4 Å². The Hall–Kier alpha value is -2.75. The third kappa shape index (κ3) is 3.84. The number of halogens is 1. The van der Waals surface area contributed by atoms with E-state index in [2.05, 4.69) is 25.5 Å². The number of carbonyl (C=O) groups is 2. The van der Waals surface area contributed by atoms with Crippen molar-refractivity contribution in [3.63, 3.8) is 0 Å². The summed E-state index contributed by atoms with van der Waals surface area (Å²) in [7, 11) is 1.69. The summed E-state index contributed by atoms with van der Waals surface area (Å²) in [5, 5.41) is 17.5. The lowest BCUT2D eigenvalue weighted by molar-refractivity contribution is -0.152. The van der Waals surface area contributed by atoms with Gasteiger partial charge in [-0.2, -0.15) is 0 Å². The predicted molar refractivity (Wildman–Crippen MR) is 117 cm³/mol. The maximum absolute atomic E-state index is 13.3. The zero-order chi connectivity index (χ0) is 22.2. The summed E-state index contributed by atoms with van der Waals surface area (Å²) in [6, 6.07) is 6.66. The number of piperazine rings is 1. The third-order valence-electron chi connectivity index (χ3n) is 5.91. The van der Waals surface area contributed by atoms with Crippen LogP contribution in [0, 0.1) is 0 Å². The number of aromatic nitrogens is 2. The highest BCUT2D eigenvalue weighted by Crippen LogP contribution is 2.37. The van der Waals surface area contributed by atoms with Gasteiger partial charge in [-0.15, -0.1) is 0 Å². The van der Waals surface area contributed by atoms with E-state index in [-0.39, 0.29) is 24.3 Å². The molecule has 1 saturated heterocycles. The summed E-state index contributed by atoms with van der Waals surface area (Å²) < 4.78 is 0. The van der Waals surface area contributed by atoms with Crippen molar-refractivity contribution in [1.29, 1.82) is 0 Å². The van der Waals surface area contributed by atoms with Crippen LogP contribution < -0.4 is 15.5 Å². The molecule has 1 unspecified atom stereocenters. The number of likely N-dealkylation sites (N-methyl/N-ethyl adjacent to an activating group) is 1. The Bertz CT molecular complexity index is 993. The molecule has 0 radical (unpaired) electrons. The summed E-state index contributed by atoms with van der Waals surface area (Å²) in [4.78, 5) is 37.7. The summed E-state index contributed by atoms with van der Waals surface area (Å²) in [5.41, 5.74) is -0.409. The second-order valence-corrected chi connectivity index (χ2v) is 8.28. The van der Waals surface area contributed by atoms with Crippen LogP contribution in [0.15, 0.2) is 30.6 Å². The number of hydrogen-bond donors (Lipinski definition) is 3. The lowest BCUT2D eigenvalue weighted by atomic mass is 9.91. The first-order valence-electron chi connectivity index (χ1n) is 10.2. The molecule has 9 nitrogen and oxygen atoms in total. The fourth-order valence-electron chi connectivity index (χ4n) is 4.16. The number of rotatable bonds is 5. The Labute approximate surface area is 185 Å². The van der Waals surface area contributed by atoms with Crippen LogP contribution in [0.25, 0.3) is 0 Å². The van der Waals surface area contributed by atoms with Gasteiger partial charge in [-0.05, 0) is 31.7 Å². The van der Waals surface area contributed by atoms with Crippen LogP contribution in [0.4, 0.5) is 11.6 Å². The topological polar surface area (TPSA) is 111 Å². The standard InChI is InChI=1S/C21H25ClN6O3/c1-13-16-17(26-19(13)29)24-12-25-18(16)27-7-9-28(10-8-27)20(30)21(31,11-23-2)14-3-5-15(22)6-4-14/h3-6,12-13,23,31H,7-11H2,1-2H3,(H,24,25,26,29)/t13?,21-/m0/s1. The van der Waals surface area contributed by atoms with E-state index in [1.807, 2.05) is 6.92 Å². The fraction of sp³-hybridized carbons (Fsp3) is 0.429. The monoisotopic (exact) mass is 444 g/mol. The molecular formula is C21H25ClN6O3. The highest BCUT2D eigenvalue weighted by atomic mass is 35.5. The smallest absolute Gasteiger partial charge is 0.260 e. The van der Waals surface area contributed by atoms with Gasteiger partial charge in [0.15, 0.2) is 5.60 Å². The first-order chi connectivity index (χ1) is 14.8. The molecule has 0 bridgehead atoms. The molecule has 0 aliphatic carbocycles. The van der Waals surface area contributed by atoms with Gasteiger partial charge in [-0.25, -0.2) is 9.97 Å². The number of aliphatic hydroxyl groups is 1. The zero-order valence-electron chi connectivity index (χ0n) is 17.4. The van der Waals surface area contributed by atoms with Crippen LogP contribution in [0.3, 0.4) is 0 Å². The number of anilines is 2. The highest BCUT2D eigenvalue weighted by Gasteiger charge is 2.42. The average molecular weight is 445 g/mol. The van der Waals surface area contributed by atoms with E-state index in [4.69, 9.17) is 11.6 Å². The minimum atomic E-state index is -1.69. The molecule has 2 aliphatic rings. The molecule has 0 spiro atoms. The van der Waals surface area contributed by atoms with Crippen molar-refractivity contribution in [3.05, 3.63) is 46.7 Å². The number of carbonyl (C=O) groups excluding carboxylic acids is 2. The minimum Gasteiger partial charge on any atom is -0.374 e. The van der Waals surface area contributed by atoms with Crippen LogP contribution in [0.1, 0.15) is 24.0 Å². The number of fused-ring (bicyclic) bond motifs is 1. The molecule has 0 saturated carbocycles. The van der Waals surface area contributed by atoms with E-state index >= 15 is 0 Å². The Kier molecular flexibility index (Phi) is 5.83. The molecule has 2 amide bonds. The first-order valence-corrected chi connectivity index (χ1v) is 10.6. The van der Waals surface area contributed by atoms with Crippen LogP contribution >= 0.6 is 11.6 Å². The molecule has 164 valence electrons. The van der Waals surface area contributed by atoms with Crippen molar-refractivity contribution in [1.82, 2.24) is 20.2 Å². The summed E-state index contributed by atoms with van der Waals surface area (Å²) >= 11 is 5.97. The maximum atomic E-state index is 13.3. The second kappa shape index (κ2) is 8.41. The summed E-state index contributed by atoms with van der Waals surface area (Å²) in [5.74, 6) is 0.488. The van der Waals surface area contributed by atoms with Gasteiger partial charge in [0, 0.05) is 43.3 Å². The lowest BCUT2D eigenvalue weighted by Crippen LogP contribution is -2.57. The SMILES string of the molecule is CNC[C@@](O)(C(=O)N1CCN(c2ncnc3c2C(C)C(=O)N3)CC1)c1ccc(Cl)cc1. The Morgan fingerprint density at radius 2 is 1.94 bits per heavy atom. The molecule has 2 atom stereocenters. The normalized spacial score (nSPS) is 20.3. The van der Waals surface area contributed by atoms with Crippen molar-refractivity contribution in [2.24, 2.45) is 0 Å². The molecule has 1 aromatic heterocycles. The molecule has 10 heteroatoms. The number of benzene rings is 1. The third-order valence-corrected chi connectivity index (χ3v) is 6.16. The van der Waals surface area contributed by atoms with Crippen LogP contribution in [-0.2, 0) is 15.2 Å². The van der Waals surface area contributed by atoms with Gasteiger partial charge in [-0.3, -0.25) is 9.59 Å². The number of nitrogens with one attached hydrogen (secondary N) is 2. The van der Waals surface area contributed by atoms with Crippen molar-refractivity contribution in [3.8, 4) is 0 Å². The molecule has 31 heavy (non-hydrogen) atoms. The highest BCUT2D eigenvalue weighted by molar-refractivity contribution is 6.30. The van der Waals surface area contributed by atoms with E-state index in [1.165, 1.54) is 6.33 Å². The van der Waals surface area contributed by atoms with Gasteiger partial charge in [0.05, 0.1) is 5.92 Å². The minimum absolute atomic E-state index is 0.0817. The second-order valence-electron chi connectivity index (χ2n) is 7.85. The average Bonchev–Trinajstić information content (AvgIpc) is 3.07. The molecule has 2 aliphatic heterocycles. The van der Waals surface area contributed by atoms with Crippen molar-refractivity contribution < 1.29 is 14.7 Å². The summed E-state index contributed by atoms with van der Waals surface area (Å²) in [6.07, 6.45) is 1.44. The number of nitrogens with zero attached hydrogens (tertiary/aromatic N) is 4. The van der Waals surface area contributed by atoms with Gasteiger partial charge < -0.3 is 25.5 Å². The summed E-state index contributed by atoms with van der Waals surface area (Å²) in [6.45, 7) is 3.83. The van der Waals surface area contributed by atoms with E-state index in [0.717, 1.165) is 5.56 Å². The molecule has 4 rings (SSSR count). The quantitative estimate of drug-likeness (QED) is 0.629. The zero-order valence-corrected chi connectivity index (χ0v) is 18.2. The fourth-order valence-corrected chi connectivity index (χ4v) is 4.28. The molecule has 2 aromatic rings. The first kappa shape index (κ1) is 21.5.